The monoisotopic (exact) mass is 432 g/mol. The first-order chi connectivity index (χ1) is 13.5. The largest absolute Gasteiger partial charge is 0.452 e. The molecule has 5 nitrogen and oxygen atoms in total. The van der Waals surface area contributed by atoms with Crippen molar-refractivity contribution in [3.05, 3.63) is 75.2 Å². The van der Waals surface area contributed by atoms with Crippen LogP contribution in [0.25, 0.3) is 0 Å². The molecule has 0 spiro atoms. The van der Waals surface area contributed by atoms with Gasteiger partial charge in [0.25, 0.3) is 5.91 Å². The molecule has 0 radical (unpaired) electrons. The van der Waals surface area contributed by atoms with Crippen LogP contribution in [0.4, 0.5) is 5.69 Å². The summed E-state index contributed by atoms with van der Waals surface area (Å²) in [6.45, 7) is 1.58. The number of amides is 1. The fourth-order valence-corrected chi connectivity index (χ4v) is 4.20. The predicted octanol–water partition coefficient (Wildman–Crippen LogP) is 5.19. The van der Waals surface area contributed by atoms with Gasteiger partial charge >= 0.3 is 5.97 Å². The van der Waals surface area contributed by atoms with E-state index >= 15 is 0 Å². The molecule has 1 aromatic heterocycles. The summed E-state index contributed by atoms with van der Waals surface area (Å²) in [5.41, 5.74) is 1.94. The Kier molecular flexibility index (Phi) is 7.08. The quantitative estimate of drug-likeness (QED) is 0.411. The van der Waals surface area contributed by atoms with Gasteiger partial charge in [0.2, 0.25) is 0 Å². The second-order valence-corrected chi connectivity index (χ2v) is 8.29. The molecule has 28 heavy (non-hydrogen) atoms. The first-order valence-electron chi connectivity index (χ1n) is 8.36. The number of hydrogen-bond donors (Lipinski definition) is 1. The summed E-state index contributed by atoms with van der Waals surface area (Å²) in [7, 11) is 0. The van der Waals surface area contributed by atoms with E-state index in [1.165, 1.54) is 11.8 Å². The average molecular weight is 433 g/mol. The fraction of sp³-hybridized carbons (Fsp3) is 0.150. The van der Waals surface area contributed by atoms with Crippen molar-refractivity contribution in [1.29, 1.82) is 0 Å². The number of ether oxygens (including phenoxy) is 1. The molecule has 144 valence electrons. The van der Waals surface area contributed by atoms with Gasteiger partial charge in [-0.25, -0.2) is 9.78 Å². The number of nitrogens with one attached hydrogen (secondary N) is 1. The maximum atomic E-state index is 12.4. The highest BCUT2D eigenvalue weighted by atomic mass is 35.5. The zero-order valence-electron chi connectivity index (χ0n) is 15.0. The minimum atomic E-state index is -0.543. The Morgan fingerprint density at radius 2 is 2.04 bits per heavy atom. The maximum absolute atomic E-state index is 12.4. The normalized spacial score (nSPS) is 10.5. The van der Waals surface area contributed by atoms with Gasteiger partial charge in [0.05, 0.1) is 16.3 Å². The van der Waals surface area contributed by atoms with Crippen LogP contribution >= 0.6 is 34.7 Å². The van der Waals surface area contributed by atoms with Crippen LogP contribution < -0.4 is 5.32 Å². The smallest absolute Gasteiger partial charge is 0.339 e. The number of aromatic nitrogens is 1. The Morgan fingerprint density at radius 3 is 2.79 bits per heavy atom. The van der Waals surface area contributed by atoms with Crippen molar-refractivity contribution in [1.82, 2.24) is 4.98 Å². The van der Waals surface area contributed by atoms with Crippen LogP contribution in [-0.4, -0.2) is 23.5 Å². The molecule has 0 aliphatic rings. The van der Waals surface area contributed by atoms with Crippen molar-refractivity contribution in [2.45, 2.75) is 17.6 Å². The lowest BCUT2D eigenvalue weighted by Crippen LogP contribution is -2.21. The zero-order valence-corrected chi connectivity index (χ0v) is 17.4. The SMILES string of the molecule is Cc1nc(CSc2ccccc2C(=O)OCC(=O)Nc2cccc(Cl)c2)cs1. The molecule has 8 heteroatoms. The lowest BCUT2D eigenvalue weighted by atomic mass is 10.2. The van der Waals surface area contributed by atoms with Crippen LogP contribution in [0.15, 0.2) is 58.8 Å². The summed E-state index contributed by atoms with van der Waals surface area (Å²) in [4.78, 5) is 29.7. The van der Waals surface area contributed by atoms with Gasteiger partial charge in [0.1, 0.15) is 0 Å². The maximum Gasteiger partial charge on any atom is 0.339 e. The molecule has 0 saturated carbocycles. The molecular weight excluding hydrogens is 416 g/mol. The minimum absolute atomic E-state index is 0.379. The van der Waals surface area contributed by atoms with Crippen LogP contribution in [0.2, 0.25) is 5.02 Å². The number of nitrogens with zero attached hydrogens (tertiary/aromatic N) is 1. The molecule has 0 aliphatic heterocycles. The average Bonchev–Trinajstić information content (AvgIpc) is 3.10. The third-order valence-electron chi connectivity index (χ3n) is 3.59. The van der Waals surface area contributed by atoms with Crippen LogP contribution in [-0.2, 0) is 15.3 Å². The lowest BCUT2D eigenvalue weighted by Gasteiger charge is -2.09. The highest BCUT2D eigenvalue weighted by molar-refractivity contribution is 7.98. The lowest BCUT2D eigenvalue weighted by molar-refractivity contribution is -0.119. The zero-order chi connectivity index (χ0) is 19.9. The Labute approximate surface area is 176 Å². The second-order valence-electron chi connectivity index (χ2n) is 5.78. The number of carbonyl (C=O) groups is 2. The van der Waals surface area contributed by atoms with Crippen LogP contribution in [0.3, 0.4) is 0 Å². The van der Waals surface area contributed by atoms with Crippen LogP contribution in [0.1, 0.15) is 21.1 Å². The topological polar surface area (TPSA) is 68.3 Å². The number of aryl methyl sites for hydroxylation is 1. The molecule has 0 bridgehead atoms. The van der Waals surface area contributed by atoms with E-state index in [4.69, 9.17) is 16.3 Å². The van der Waals surface area contributed by atoms with Crippen molar-refractivity contribution in [2.24, 2.45) is 0 Å². The molecule has 0 saturated heterocycles. The molecule has 3 rings (SSSR count). The molecule has 0 unspecified atom stereocenters. The van der Waals surface area contributed by atoms with Gasteiger partial charge in [0.15, 0.2) is 6.61 Å². The molecule has 1 N–H and O–H groups in total. The van der Waals surface area contributed by atoms with Gasteiger partial charge in [-0.1, -0.05) is 29.8 Å². The molecule has 2 aromatic carbocycles. The Bertz CT molecular complexity index is 991. The van der Waals surface area contributed by atoms with Gasteiger partial charge in [-0.2, -0.15) is 0 Å². The van der Waals surface area contributed by atoms with E-state index in [0.717, 1.165) is 15.6 Å². The predicted molar refractivity (Wildman–Crippen MR) is 113 cm³/mol. The number of hydrogen-bond acceptors (Lipinski definition) is 6. The van der Waals surface area contributed by atoms with E-state index in [2.05, 4.69) is 10.3 Å². The van der Waals surface area contributed by atoms with Crippen molar-refractivity contribution >= 4 is 52.3 Å². The van der Waals surface area contributed by atoms with Gasteiger partial charge in [-0.15, -0.1) is 23.1 Å². The minimum Gasteiger partial charge on any atom is -0.452 e. The van der Waals surface area contributed by atoms with Crippen molar-refractivity contribution in [2.75, 3.05) is 11.9 Å². The summed E-state index contributed by atoms with van der Waals surface area (Å²) in [5, 5.41) is 6.16. The Morgan fingerprint density at radius 1 is 1.21 bits per heavy atom. The summed E-state index contributed by atoms with van der Waals surface area (Å²) >= 11 is 8.99. The Hall–Kier alpha value is -2.35. The molecular formula is C20H17ClN2O3S2. The first kappa shape index (κ1) is 20.4. The molecule has 0 fully saturated rings. The number of thiazole rings is 1. The van der Waals surface area contributed by atoms with E-state index in [1.807, 2.05) is 24.4 Å². The molecule has 1 amide bonds. The number of esters is 1. The van der Waals surface area contributed by atoms with E-state index in [1.54, 1.807) is 47.7 Å². The van der Waals surface area contributed by atoms with E-state index in [9.17, 15) is 9.59 Å². The van der Waals surface area contributed by atoms with Crippen molar-refractivity contribution in [3.63, 3.8) is 0 Å². The first-order valence-corrected chi connectivity index (χ1v) is 10.6. The summed E-state index contributed by atoms with van der Waals surface area (Å²) in [6, 6.07) is 13.9. The van der Waals surface area contributed by atoms with Gasteiger partial charge in [-0.3, -0.25) is 4.79 Å². The number of thioether (sulfide) groups is 1. The van der Waals surface area contributed by atoms with Gasteiger partial charge < -0.3 is 10.1 Å². The van der Waals surface area contributed by atoms with Crippen LogP contribution in [0.5, 0.6) is 0 Å². The molecule has 1 heterocycles. The number of rotatable bonds is 7. The van der Waals surface area contributed by atoms with E-state index in [0.29, 0.717) is 22.0 Å². The standard InChI is InChI=1S/C20H17ClN2O3S2/c1-13-22-16(11-27-13)12-28-18-8-3-2-7-17(18)20(25)26-10-19(24)23-15-6-4-5-14(21)9-15/h2-9,11H,10,12H2,1H3,(H,23,24). The van der Waals surface area contributed by atoms with Gasteiger partial charge in [-0.05, 0) is 37.3 Å². The van der Waals surface area contributed by atoms with Crippen molar-refractivity contribution < 1.29 is 14.3 Å². The van der Waals surface area contributed by atoms with E-state index < -0.39 is 11.9 Å². The summed E-state index contributed by atoms with van der Waals surface area (Å²) in [5.74, 6) is -0.318. The molecule has 0 atom stereocenters. The fourth-order valence-electron chi connectivity index (χ4n) is 2.36. The van der Waals surface area contributed by atoms with Crippen LogP contribution in [0, 0.1) is 6.92 Å². The third kappa shape index (κ3) is 5.82. The summed E-state index contributed by atoms with van der Waals surface area (Å²) in [6.07, 6.45) is 0. The number of benzene rings is 2. The Balaban J connectivity index is 1.57. The number of anilines is 1. The van der Waals surface area contributed by atoms with Gasteiger partial charge in [0, 0.05) is 26.7 Å². The highest BCUT2D eigenvalue weighted by Crippen LogP contribution is 2.27. The second kappa shape index (κ2) is 9.73. The van der Waals surface area contributed by atoms with Crippen molar-refractivity contribution in [3.8, 4) is 0 Å². The molecule has 3 aromatic rings. The summed E-state index contributed by atoms with van der Waals surface area (Å²) < 4.78 is 5.18. The number of carbonyl (C=O) groups excluding carboxylic acids is 2. The highest BCUT2D eigenvalue weighted by Gasteiger charge is 2.15. The van der Waals surface area contributed by atoms with E-state index in [-0.39, 0.29) is 6.61 Å². The molecule has 0 aliphatic carbocycles. The number of halogens is 1. The third-order valence-corrected chi connectivity index (χ3v) is 5.76.